The number of carboxylic acid groups (broad SMARTS) is 1. The number of nitrogen functional groups attached to an aromatic ring is 1. The summed E-state index contributed by atoms with van der Waals surface area (Å²) in [6, 6.07) is 3.03. The number of anilines is 1. The van der Waals surface area contributed by atoms with E-state index < -0.39 is 5.97 Å². The van der Waals surface area contributed by atoms with Gasteiger partial charge in [-0.05, 0) is 6.07 Å². The van der Waals surface area contributed by atoms with Crippen molar-refractivity contribution in [3.8, 4) is 18.1 Å². The smallest absolute Gasteiger partial charge is 0.337 e. The largest absolute Gasteiger partial charge is 0.494 e. The van der Waals surface area contributed by atoms with Crippen molar-refractivity contribution in [2.75, 3.05) is 12.8 Å². The molecule has 0 aromatic heterocycles. The first-order chi connectivity index (χ1) is 7.11. The molecule has 0 spiro atoms. The second-order valence-corrected chi connectivity index (χ2v) is 2.91. The van der Waals surface area contributed by atoms with Gasteiger partial charge in [-0.2, -0.15) is 0 Å². The summed E-state index contributed by atoms with van der Waals surface area (Å²) in [4.78, 5) is 10.8. The molecule has 15 heavy (non-hydrogen) atoms. The molecule has 78 valence electrons. The minimum absolute atomic E-state index is 0.0209. The van der Waals surface area contributed by atoms with Crippen LogP contribution in [0.3, 0.4) is 0 Å². The molecule has 0 fully saturated rings. The van der Waals surface area contributed by atoms with Crippen LogP contribution in [-0.4, -0.2) is 18.2 Å². The Balaban J connectivity index is 3.33. The van der Waals surface area contributed by atoms with Crippen LogP contribution in [0.2, 0.25) is 0 Å². The van der Waals surface area contributed by atoms with Crippen LogP contribution in [-0.2, 0) is 6.42 Å². The average molecular weight is 205 g/mol. The van der Waals surface area contributed by atoms with Crippen LogP contribution in [0.4, 0.5) is 5.69 Å². The Hall–Kier alpha value is -2.15. The molecule has 0 aliphatic heterocycles. The van der Waals surface area contributed by atoms with Crippen LogP contribution in [0.5, 0.6) is 5.75 Å². The Morgan fingerprint density at radius 1 is 1.67 bits per heavy atom. The lowest BCUT2D eigenvalue weighted by molar-refractivity contribution is 0.0697. The number of ether oxygens (including phenoxy) is 1. The molecule has 3 N–H and O–H groups in total. The van der Waals surface area contributed by atoms with Gasteiger partial charge >= 0.3 is 5.97 Å². The predicted octanol–water partition coefficient (Wildman–Crippen LogP) is 1.15. The summed E-state index contributed by atoms with van der Waals surface area (Å²) in [5.41, 5.74) is 6.49. The van der Waals surface area contributed by atoms with Gasteiger partial charge in [-0.25, -0.2) is 4.79 Å². The summed E-state index contributed by atoms with van der Waals surface area (Å²) < 4.78 is 5.04. The number of hydrogen-bond acceptors (Lipinski definition) is 3. The van der Waals surface area contributed by atoms with Gasteiger partial charge in [0.1, 0.15) is 5.75 Å². The van der Waals surface area contributed by atoms with Crippen molar-refractivity contribution in [1.82, 2.24) is 0 Å². The lowest BCUT2D eigenvalue weighted by atomic mass is 10.1. The normalized spacial score (nSPS) is 9.33. The lowest BCUT2D eigenvalue weighted by Gasteiger charge is -2.11. The zero-order valence-corrected chi connectivity index (χ0v) is 8.28. The Bertz CT molecular complexity index is 432. The molecule has 0 unspecified atom stereocenters. The number of methoxy groups -OCH3 is 1. The summed E-state index contributed by atoms with van der Waals surface area (Å²) in [5.74, 6) is 1.71. The van der Waals surface area contributed by atoms with Crippen molar-refractivity contribution in [3.05, 3.63) is 23.3 Å². The van der Waals surface area contributed by atoms with Gasteiger partial charge in [0.2, 0.25) is 0 Å². The monoisotopic (exact) mass is 205 g/mol. The fourth-order valence-corrected chi connectivity index (χ4v) is 1.32. The number of carboxylic acids is 1. The number of hydrogen-bond donors (Lipinski definition) is 2. The quantitative estimate of drug-likeness (QED) is 0.573. The van der Waals surface area contributed by atoms with Crippen molar-refractivity contribution in [1.29, 1.82) is 0 Å². The molecule has 0 atom stereocenters. The van der Waals surface area contributed by atoms with E-state index in [9.17, 15) is 4.79 Å². The van der Waals surface area contributed by atoms with E-state index in [1.807, 2.05) is 0 Å². The third-order valence-electron chi connectivity index (χ3n) is 2.00. The summed E-state index contributed by atoms with van der Waals surface area (Å²) in [6.07, 6.45) is 5.52. The molecule has 4 heteroatoms. The maximum absolute atomic E-state index is 10.8. The summed E-state index contributed by atoms with van der Waals surface area (Å²) in [7, 11) is 1.43. The standard InChI is InChI=1S/C11H11NO3/c1-3-4-7-5-6-8(11(13)14)9(12)10(7)15-2/h1,5-6H,4,12H2,2H3,(H,13,14). The highest BCUT2D eigenvalue weighted by Gasteiger charge is 2.15. The van der Waals surface area contributed by atoms with Crippen LogP contribution in [0.1, 0.15) is 15.9 Å². The average Bonchev–Trinajstić information content (AvgIpc) is 2.18. The fraction of sp³-hybridized carbons (Fsp3) is 0.182. The molecule has 0 radical (unpaired) electrons. The molecule has 0 aliphatic rings. The number of aromatic carboxylic acids is 1. The van der Waals surface area contributed by atoms with Crippen molar-refractivity contribution < 1.29 is 14.6 Å². The van der Waals surface area contributed by atoms with Crippen molar-refractivity contribution in [2.45, 2.75) is 6.42 Å². The van der Waals surface area contributed by atoms with Crippen molar-refractivity contribution >= 4 is 11.7 Å². The summed E-state index contributed by atoms with van der Waals surface area (Å²) >= 11 is 0. The first-order valence-electron chi connectivity index (χ1n) is 4.24. The van der Waals surface area contributed by atoms with E-state index in [0.29, 0.717) is 17.7 Å². The predicted molar refractivity (Wildman–Crippen MR) is 56.9 cm³/mol. The lowest BCUT2D eigenvalue weighted by Crippen LogP contribution is -2.06. The Morgan fingerprint density at radius 2 is 2.33 bits per heavy atom. The van der Waals surface area contributed by atoms with E-state index in [1.165, 1.54) is 13.2 Å². The first-order valence-corrected chi connectivity index (χ1v) is 4.24. The molecule has 1 aromatic carbocycles. The van der Waals surface area contributed by atoms with Gasteiger partial charge in [-0.3, -0.25) is 0 Å². The SMILES string of the molecule is C#CCc1ccc(C(=O)O)c(N)c1OC. The molecule has 1 rings (SSSR count). The third-order valence-corrected chi connectivity index (χ3v) is 2.00. The van der Waals surface area contributed by atoms with Crippen LogP contribution >= 0.6 is 0 Å². The molecule has 0 amide bonds. The number of carbonyl (C=O) groups is 1. The second-order valence-electron chi connectivity index (χ2n) is 2.91. The molecule has 0 bridgehead atoms. The molecule has 0 saturated carbocycles. The van der Waals surface area contributed by atoms with E-state index in [4.69, 9.17) is 22.0 Å². The first kappa shape index (κ1) is 10.9. The molecule has 1 aromatic rings. The number of terminal acetylenes is 1. The van der Waals surface area contributed by atoms with Gasteiger partial charge in [0, 0.05) is 12.0 Å². The minimum atomic E-state index is -1.09. The van der Waals surface area contributed by atoms with Gasteiger partial charge in [-0.15, -0.1) is 12.3 Å². The molecule has 0 aliphatic carbocycles. The molecular formula is C11H11NO3. The van der Waals surface area contributed by atoms with E-state index >= 15 is 0 Å². The molecule has 4 nitrogen and oxygen atoms in total. The van der Waals surface area contributed by atoms with E-state index in [-0.39, 0.29) is 11.3 Å². The van der Waals surface area contributed by atoms with Gasteiger partial charge in [-0.1, -0.05) is 6.07 Å². The summed E-state index contributed by atoms with van der Waals surface area (Å²) in [5, 5.41) is 8.83. The second kappa shape index (κ2) is 4.38. The number of nitrogens with two attached hydrogens (primary N) is 1. The molecule has 0 heterocycles. The van der Waals surface area contributed by atoms with Crippen molar-refractivity contribution in [3.63, 3.8) is 0 Å². The van der Waals surface area contributed by atoms with E-state index in [0.717, 1.165) is 0 Å². The Morgan fingerprint density at radius 3 is 2.80 bits per heavy atom. The van der Waals surface area contributed by atoms with Gasteiger partial charge < -0.3 is 15.6 Å². The number of benzene rings is 1. The topological polar surface area (TPSA) is 72.5 Å². The van der Waals surface area contributed by atoms with Crippen LogP contribution in [0.15, 0.2) is 12.1 Å². The van der Waals surface area contributed by atoms with E-state index in [1.54, 1.807) is 6.07 Å². The Kier molecular flexibility index (Phi) is 3.19. The maximum Gasteiger partial charge on any atom is 0.337 e. The zero-order valence-electron chi connectivity index (χ0n) is 8.28. The van der Waals surface area contributed by atoms with E-state index in [2.05, 4.69) is 5.92 Å². The van der Waals surface area contributed by atoms with Gasteiger partial charge in [0.05, 0.1) is 18.4 Å². The summed E-state index contributed by atoms with van der Waals surface area (Å²) in [6.45, 7) is 0. The maximum atomic E-state index is 10.8. The van der Waals surface area contributed by atoms with Gasteiger partial charge in [0.15, 0.2) is 0 Å². The Labute approximate surface area is 87.7 Å². The van der Waals surface area contributed by atoms with Crippen LogP contribution < -0.4 is 10.5 Å². The molecule has 0 saturated heterocycles. The number of rotatable bonds is 3. The highest BCUT2D eigenvalue weighted by molar-refractivity contribution is 5.95. The highest BCUT2D eigenvalue weighted by atomic mass is 16.5. The minimum Gasteiger partial charge on any atom is -0.494 e. The molecular weight excluding hydrogens is 194 g/mol. The van der Waals surface area contributed by atoms with Gasteiger partial charge in [0.25, 0.3) is 0 Å². The van der Waals surface area contributed by atoms with Crippen LogP contribution in [0, 0.1) is 12.3 Å². The van der Waals surface area contributed by atoms with Crippen LogP contribution in [0.25, 0.3) is 0 Å². The highest BCUT2D eigenvalue weighted by Crippen LogP contribution is 2.30. The third kappa shape index (κ3) is 2.02. The zero-order chi connectivity index (χ0) is 11.4. The fourth-order valence-electron chi connectivity index (χ4n) is 1.32. The van der Waals surface area contributed by atoms with Crippen molar-refractivity contribution in [2.24, 2.45) is 0 Å².